The molecule has 4 heteroatoms. The second-order valence-electron chi connectivity index (χ2n) is 3.91. The minimum absolute atomic E-state index is 0.341. The largest absolute Gasteiger partial charge is 0.467 e. The lowest BCUT2D eigenvalue weighted by Gasteiger charge is -2.24. The standard InChI is InChI=1S/C12H15NO3/c1-12(9-6-4-3-5-7-9)13-8-10(16-12)11(14)15-2/h3-7,10,13H,8H2,1-2H3. The number of esters is 1. The van der Waals surface area contributed by atoms with E-state index >= 15 is 0 Å². The van der Waals surface area contributed by atoms with Crippen molar-refractivity contribution in [2.75, 3.05) is 13.7 Å². The van der Waals surface area contributed by atoms with Crippen molar-refractivity contribution in [2.24, 2.45) is 0 Å². The summed E-state index contributed by atoms with van der Waals surface area (Å²) in [5.74, 6) is -0.341. The molecule has 0 bridgehead atoms. The van der Waals surface area contributed by atoms with Crippen molar-refractivity contribution in [3.63, 3.8) is 0 Å². The van der Waals surface area contributed by atoms with Crippen LogP contribution in [0.4, 0.5) is 0 Å². The highest BCUT2D eigenvalue weighted by atomic mass is 16.6. The topological polar surface area (TPSA) is 47.6 Å². The first-order valence-corrected chi connectivity index (χ1v) is 5.22. The Kier molecular flexibility index (Phi) is 2.94. The molecule has 2 rings (SSSR count). The van der Waals surface area contributed by atoms with Crippen LogP contribution in [0.2, 0.25) is 0 Å². The molecule has 1 aliphatic heterocycles. The first-order valence-electron chi connectivity index (χ1n) is 5.22. The third kappa shape index (κ3) is 1.94. The van der Waals surface area contributed by atoms with Crippen molar-refractivity contribution in [2.45, 2.75) is 18.8 Å². The number of carbonyl (C=O) groups excluding carboxylic acids is 1. The van der Waals surface area contributed by atoms with Gasteiger partial charge in [-0.05, 0) is 12.5 Å². The Bertz CT molecular complexity index is 379. The van der Waals surface area contributed by atoms with E-state index in [9.17, 15) is 4.79 Å². The molecule has 1 aliphatic rings. The molecule has 0 spiro atoms. The number of ether oxygens (including phenoxy) is 2. The quantitative estimate of drug-likeness (QED) is 0.757. The highest BCUT2D eigenvalue weighted by Crippen LogP contribution is 2.28. The maximum Gasteiger partial charge on any atom is 0.336 e. The molecule has 0 radical (unpaired) electrons. The van der Waals surface area contributed by atoms with Crippen LogP contribution in [0.15, 0.2) is 30.3 Å². The molecule has 0 aromatic heterocycles. The minimum Gasteiger partial charge on any atom is -0.467 e. The Balaban J connectivity index is 2.15. The number of benzene rings is 1. The first kappa shape index (κ1) is 11.1. The summed E-state index contributed by atoms with van der Waals surface area (Å²) in [5.41, 5.74) is 0.390. The van der Waals surface area contributed by atoms with Crippen LogP contribution in [0.1, 0.15) is 12.5 Å². The Morgan fingerprint density at radius 2 is 2.19 bits per heavy atom. The van der Waals surface area contributed by atoms with Gasteiger partial charge in [-0.2, -0.15) is 0 Å². The fourth-order valence-electron chi connectivity index (χ4n) is 1.84. The van der Waals surface area contributed by atoms with Gasteiger partial charge in [0.15, 0.2) is 6.10 Å². The van der Waals surface area contributed by atoms with Crippen molar-refractivity contribution >= 4 is 5.97 Å². The molecule has 1 aromatic rings. The van der Waals surface area contributed by atoms with Crippen molar-refractivity contribution in [1.82, 2.24) is 5.32 Å². The average molecular weight is 221 g/mol. The summed E-state index contributed by atoms with van der Waals surface area (Å²) in [6.07, 6.45) is -0.532. The Labute approximate surface area is 94.6 Å². The van der Waals surface area contributed by atoms with E-state index in [1.807, 2.05) is 37.3 Å². The summed E-state index contributed by atoms with van der Waals surface area (Å²) >= 11 is 0. The monoisotopic (exact) mass is 221 g/mol. The summed E-state index contributed by atoms with van der Waals surface area (Å²) in [6, 6.07) is 9.76. The molecular weight excluding hydrogens is 206 g/mol. The normalized spacial score (nSPS) is 29.0. The van der Waals surface area contributed by atoms with Crippen LogP contribution in [0.5, 0.6) is 0 Å². The van der Waals surface area contributed by atoms with Crippen molar-refractivity contribution in [3.05, 3.63) is 35.9 Å². The second-order valence-corrected chi connectivity index (χ2v) is 3.91. The van der Waals surface area contributed by atoms with E-state index in [2.05, 4.69) is 10.1 Å². The number of hydrogen-bond acceptors (Lipinski definition) is 4. The minimum atomic E-state index is -0.611. The summed E-state index contributed by atoms with van der Waals surface area (Å²) in [5, 5.41) is 3.19. The van der Waals surface area contributed by atoms with E-state index in [4.69, 9.17) is 4.74 Å². The van der Waals surface area contributed by atoms with Crippen LogP contribution in [-0.2, 0) is 20.0 Å². The lowest BCUT2D eigenvalue weighted by molar-refractivity contribution is -0.157. The highest BCUT2D eigenvalue weighted by molar-refractivity contribution is 5.75. The van der Waals surface area contributed by atoms with Gasteiger partial charge in [-0.25, -0.2) is 4.79 Å². The van der Waals surface area contributed by atoms with E-state index in [0.717, 1.165) is 5.56 Å². The van der Waals surface area contributed by atoms with Gasteiger partial charge in [-0.1, -0.05) is 30.3 Å². The smallest absolute Gasteiger partial charge is 0.336 e. The highest BCUT2D eigenvalue weighted by Gasteiger charge is 2.40. The Morgan fingerprint density at radius 1 is 1.50 bits per heavy atom. The molecule has 16 heavy (non-hydrogen) atoms. The molecule has 86 valence electrons. The Morgan fingerprint density at radius 3 is 2.81 bits per heavy atom. The number of carbonyl (C=O) groups is 1. The third-order valence-corrected chi connectivity index (χ3v) is 2.79. The zero-order valence-electron chi connectivity index (χ0n) is 9.40. The van der Waals surface area contributed by atoms with Crippen LogP contribution >= 0.6 is 0 Å². The zero-order chi connectivity index (χ0) is 11.6. The molecule has 0 saturated carbocycles. The average Bonchev–Trinajstić information content (AvgIpc) is 2.73. The van der Waals surface area contributed by atoms with Crippen molar-refractivity contribution in [3.8, 4) is 0 Å². The maximum absolute atomic E-state index is 11.3. The number of hydrogen-bond donors (Lipinski definition) is 1. The molecule has 2 atom stereocenters. The van der Waals surface area contributed by atoms with Crippen molar-refractivity contribution in [1.29, 1.82) is 0 Å². The van der Waals surface area contributed by atoms with Crippen LogP contribution in [0.25, 0.3) is 0 Å². The van der Waals surface area contributed by atoms with Crippen LogP contribution in [0, 0.1) is 0 Å². The van der Waals surface area contributed by atoms with Gasteiger partial charge in [0.1, 0.15) is 5.72 Å². The number of rotatable bonds is 2. The SMILES string of the molecule is COC(=O)C1CNC(C)(c2ccccc2)O1. The van der Waals surface area contributed by atoms with Gasteiger partial charge in [0.25, 0.3) is 0 Å². The summed E-state index contributed by atoms with van der Waals surface area (Å²) in [7, 11) is 1.36. The lowest BCUT2D eigenvalue weighted by atomic mass is 10.1. The number of nitrogens with one attached hydrogen (secondary N) is 1. The van der Waals surface area contributed by atoms with Gasteiger partial charge < -0.3 is 9.47 Å². The molecule has 1 saturated heterocycles. The van der Waals surface area contributed by atoms with E-state index in [-0.39, 0.29) is 5.97 Å². The fraction of sp³-hybridized carbons (Fsp3) is 0.417. The lowest BCUT2D eigenvalue weighted by Crippen LogP contribution is -2.34. The van der Waals surface area contributed by atoms with Gasteiger partial charge in [-0.15, -0.1) is 0 Å². The Hall–Kier alpha value is -1.39. The maximum atomic E-state index is 11.3. The summed E-state index contributed by atoms with van der Waals surface area (Å²) in [4.78, 5) is 11.3. The molecule has 1 aromatic carbocycles. The van der Waals surface area contributed by atoms with Gasteiger partial charge in [0, 0.05) is 6.54 Å². The molecule has 1 heterocycles. The van der Waals surface area contributed by atoms with Crippen LogP contribution < -0.4 is 5.32 Å². The van der Waals surface area contributed by atoms with Crippen LogP contribution in [0.3, 0.4) is 0 Å². The molecule has 0 amide bonds. The van der Waals surface area contributed by atoms with Crippen LogP contribution in [-0.4, -0.2) is 25.7 Å². The molecule has 1 N–H and O–H groups in total. The predicted molar refractivity (Wildman–Crippen MR) is 58.7 cm³/mol. The summed E-state index contributed by atoms with van der Waals surface area (Å²) in [6.45, 7) is 2.38. The predicted octanol–water partition coefficient (Wildman–Crippen LogP) is 1.02. The van der Waals surface area contributed by atoms with Gasteiger partial charge in [0.05, 0.1) is 7.11 Å². The molecule has 0 aliphatic carbocycles. The summed E-state index contributed by atoms with van der Waals surface area (Å²) < 4.78 is 10.4. The third-order valence-electron chi connectivity index (χ3n) is 2.79. The first-order chi connectivity index (χ1) is 7.65. The van der Waals surface area contributed by atoms with E-state index < -0.39 is 11.8 Å². The molecule has 4 nitrogen and oxygen atoms in total. The molecule has 1 fully saturated rings. The second kappa shape index (κ2) is 4.23. The van der Waals surface area contributed by atoms with E-state index in [0.29, 0.717) is 6.54 Å². The zero-order valence-corrected chi connectivity index (χ0v) is 9.40. The van der Waals surface area contributed by atoms with E-state index in [1.54, 1.807) is 0 Å². The van der Waals surface area contributed by atoms with Gasteiger partial charge >= 0.3 is 5.97 Å². The van der Waals surface area contributed by atoms with Crippen molar-refractivity contribution < 1.29 is 14.3 Å². The van der Waals surface area contributed by atoms with Gasteiger partial charge in [-0.3, -0.25) is 5.32 Å². The fourth-order valence-corrected chi connectivity index (χ4v) is 1.84. The molecule has 2 unspecified atom stereocenters. The van der Waals surface area contributed by atoms with E-state index in [1.165, 1.54) is 7.11 Å². The number of methoxy groups -OCH3 is 1. The van der Waals surface area contributed by atoms with Gasteiger partial charge in [0.2, 0.25) is 0 Å². The molecular formula is C12H15NO3.